The van der Waals surface area contributed by atoms with Gasteiger partial charge in [-0.05, 0) is 19.3 Å². The lowest BCUT2D eigenvalue weighted by Gasteiger charge is -2.22. The maximum absolute atomic E-state index is 12.1. The molecule has 98 valence electrons. The van der Waals surface area contributed by atoms with Gasteiger partial charge in [-0.25, -0.2) is 0 Å². The lowest BCUT2D eigenvalue weighted by molar-refractivity contribution is -0.146. The van der Waals surface area contributed by atoms with Crippen LogP contribution in [0.1, 0.15) is 51.9 Å². The molecule has 0 aromatic rings. The Bertz CT molecular complexity index is 265. The molecule has 0 aromatic heterocycles. The molecule has 1 aliphatic rings. The van der Waals surface area contributed by atoms with Gasteiger partial charge in [-0.2, -0.15) is 0 Å². The van der Waals surface area contributed by atoms with Crippen LogP contribution in [0.2, 0.25) is 0 Å². The van der Waals surface area contributed by atoms with E-state index in [1.165, 1.54) is 4.90 Å². The number of likely N-dealkylation sites (tertiary alicyclic amines) is 1. The van der Waals surface area contributed by atoms with Crippen LogP contribution in [0.25, 0.3) is 0 Å². The molecule has 0 spiro atoms. The molecule has 1 atom stereocenters. The Morgan fingerprint density at radius 2 is 2.18 bits per heavy atom. The smallest absolute Gasteiger partial charge is 0.323 e. The number of carboxylic acid groups (broad SMARTS) is 1. The number of carboxylic acids is 1. The molecule has 1 fully saturated rings. The average molecular weight is 241 g/mol. The van der Waals surface area contributed by atoms with Gasteiger partial charge in [-0.15, -0.1) is 0 Å². The highest BCUT2D eigenvalue weighted by Crippen LogP contribution is 2.23. The van der Waals surface area contributed by atoms with Gasteiger partial charge in [-0.3, -0.25) is 9.59 Å². The van der Waals surface area contributed by atoms with Crippen LogP contribution < -0.4 is 0 Å². The van der Waals surface area contributed by atoms with E-state index in [1.807, 2.05) is 0 Å². The Kier molecular flexibility index (Phi) is 6.01. The predicted octanol–water partition coefficient (Wildman–Crippen LogP) is 2.28. The number of carbonyl (C=O) groups excluding carboxylic acids is 1. The highest BCUT2D eigenvalue weighted by atomic mass is 16.4. The summed E-state index contributed by atoms with van der Waals surface area (Å²) in [6.45, 7) is 2.62. The van der Waals surface area contributed by atoms with Crippen LogP contribution in [0.4, 0.5) is 0 Å². The lowest BCUT2D eigenvalue weighted by atomic mass is 9.95. The van der Waals surface area contributed by atoms with Gasteiger partial charge in [0.2, 0.25) is 5.91 Å². The number of aliphatic carboxylic acids is 1. The number of hydrogen-bond acceptors (Lipinski definition) is 2. The van der Waals surface area contributed by atoms with Crippen LogP contribution in [0.3, 0.4) is 0 Å². The van der Waals surface area contributed by atoms with Crippen LogP contribution in [0.15, 0.2) is 0 Å². The molecule has 1 saturated heterocycles. The summed E-state index contributed by atoms with van der Waals surface area (Å²) in [4.78, 5) is 24.4. The Morgan fingerprint density at radius 3 is 2.82 bits per heavy atom. The van der Waals surface area contributed by atoms with Gasteiger partial charge in [0.15, 0.2) is 0 Å². The summed E-state index contributed by atoms with van der Waals surface area (Å²) in [6.07, 6.45) is 7.21. The number of nitrogens with zero attached hydrogens (tertiary/aromatic N) is 1. The number of unbranched alkanes of at least 4 members (excludes halogenated alkanes) is 2. The van der Waals surface area contributed by atoms with Crippen molar-refractivity contribution >= 4 is 11.9 Å². The molecule has 0 radical (unpaired) electrons. The molecule has 1 heterocycles. The fourth-order valence-corrected chi connectivity index (χ4v) is 2.41. The first-order valence-corrected chi connectivity index (χ1v) is 6.65. The van der Waals surface area contributed by atoms with Gasteiger partial charge < -0.3 is 10.0 Å². The van der Waals surface area contributed by atoms with E-state index in [0.717, 1.165) is 44.9 Å². The third-order valence-electron chi connectivity index (χ3n) is 3.37. The van der Waals surface area contributed by atoms with Crippen LogP contribution in [-0.2, 0) is 9.59 Å². The zero-order valence-electron chi connectivity index (χ0n) is 10.7. The quantitative estimate of drug-likeness (QED) is 0.726. The third-order valence-corrected chi connectivity index (χ3v) is 3.37. The predicted molar refractivity (Wildman–Crippen MR) is 65.7 cm³/mol. The Balaban J connectivity index is 2.51. The van der Waals surface area contributed by atoms with Crippen molar-refractivity contribution in [2.75, 3.05) is 13.1 Å². The topological polar surface area (TPSA) is 57.6 Å². The molecule has 0 bridgehead atoms. The zero-order valence-corrected chi connectivity index (χ0v) is 10.7. The number of hydrogen-bond donors (Lipinski definition) is 1. The molecule has 1 rings (SSSR count). The number of amides is 1. The van der Waals surface area contributed by atoms with E-state index in [2.05, 4.69) is 6.92 Å². The van der Waals surface area contributed by atoms with E-state index in [-0.39, 0.29) is 18.4 Å². The summed E-state index contributed by atoms with van der Waals surface area (Å²) >= 11 is 0. The standard InChI is InChI=1S/C13H23NO3/c1-2-3-4-7-11-8-5-6-9-14(13(11)17)10-12(15)16/h11H,2-10H2,1H3,(H,15,16). The normalized spacial score (nSPS) is 21.4. The largest absolute Gasteiger partial charge is 0.480 e. The summed E-state index contributed by atoms with van der Waals surface area (Å²) in [7, 11) is 0. The van der Waals surface area contributed by atoms with Gasteiger partial charge >= 0.3 is 5.97 Å². The molecule has 17 heavy (non-hydrogen) atoms. The minimum atomic E-state index is -0.910. The van der Waals surface area contributed by atoms with E-state index in [9.17, 15) is 9.59 Å². The lowest BCUT2D eigenvalue weighted by Crippen LogP contribution is -2.38. The summed E-state index contributed by atoms with van der Waals surface area (Å²) in [5, 5.41) is 8.78. The zero-order chi connectivity index (χ0) is 12.7. The molecule has 4 heteroatoms. The average Bonchev–Trinajstić information content (AvgIpc) is 2.44. The number of rotatable bonds is 6. The molecule has 1 amide bonds. The van der Waals surface area contributed by atoms with E-state index in [0.29, 0.717) is 6.54 Å². The molecule has 4 nitrogen and oxygen atoms in total. The van der Waals surface area contributed by atoms with Gasteiger partial charge in [0.1, 0.15) is 6.54 Å². The SMILES string of the molecule is CCCCCC1CCCCN(CC(=O)O)C1=O. The van der Waals surface area contributed by atoms with E-state index < -0.39 is 5.97 Å². The second kappa shape index (κ2) is 7.30. The molecule has 1 aliphatic heterocycles. The fraction of sp³-hybridized carbons (Fsp3) is 0.846. The Morgan fingerprint density at radius 1 is 1.41 bits per heavy atom. The molecule has 1 N–H and O–H groups in total. The van der Waals surface area contributed by atoms with E-state index in [1.54, 1.807) is 0 Å². The molecular formula is C13H23NO3. The van der Waals surface area contributed by atoms with Crippen molar-refractivity contribution in [3.05, 3.63) is 0 Å². The van der Waals surface area contributed by atoms with E-state index >= 15 is 0 Å². The van der Waals surface area contributed by atoms with Crippen molar-refractivity contribution in [1.29, 1.82) is 0 Å². The summed E-state index contributed by atoms with van der Waals surface area (Å²) in [5.74, 6) is -0.794. The highest BCUT2D eigenvalue weighted by Gasteiger charge is 2.27. The van der Waals surface area contributed by atoms with Crippen molar-refractivity contribution < 1.29 is 14.7 Å². The first-order chi connectivity index (χ1) is 8.15. The second-order valence-corrected chi connectivity index (χ2v) is 4.84. The van der Waals surface area contributed by atoms with Crippen LogP contribution in [-0.4, -0.2) is 35.0 Å². The highest BCUT2D eigenvalue weighted by molar-refractivity contribution is 5.83. The van der Waals surface area contributed by atoms with Crippen molar-refractivity contribution in [1.82, 2.24) is 4.90 Å². The number of carbonyl (C=O) groups is 2. The minimum absolute atomic E-state index is 0.0565. The van der Waals surface area contributed by atoms with Gasteiger partial charge in [0.25, 0.3) is 0 Å². The fourth-order valence-electron chi connectivity index (χ4n) is 2.41. The van der Waals surface area contributed by atoms with Crippen LogP contribution in [0.5, 0.6) is 0 Å². The first-order valence-electron chi connectivity index (χ1n) is 6.65. The van der Waals surface area contributed by atoms with Gasteiger partial charge in [0, 0.05) is 12.5 Å². The maximum Gasteiger partial charge on any atom is 0.323 e. The van der Waals surface area contributed by atoms with Crippen LogP contribution in [0, 0.1) is 5.92 Å². The molecular weight excluding hydrogens is 218 g/mol. The summed E-state index contributed by atoms with van der Waals surface area (Å²) in [5.41, 5.74) is 0. The van der Waals surface area contributed by atoms with E-state index in [4.69, 9.17) is 5.11 Å². The monoisotopic (exact) mass is 241 g/mol. The van der Waals surface area contributed by atoms with Crippen LogP contribution >= 0.6 is 0 Å². The Hall–Kier alpha value is -1.06. The van der Waals surface area contributed by atoms with Crippen molar-refractivity contribution in [2.24, 2.45) is 5.92 Å². The minimum Gasteiger partial charge on any atom is -0.480 e. The Labute approximate surface area is 103 Å². The molecule has 0 aromatic carbocycles. The van der Waals surface area contributed by atoms with Gasteiger partial charge in [-0.1, -0.05) is 32.6 Å². The van der Waals surface area contributed by atoms with Crippen molar-refractivity contribution in [3.8, 4) is 0 Å². The molecule has 1 unspecified atom stereocenters. The maximum atomic E-state index is 12.1. The van der Waals surface area contributed by atoms with Crippen molar-refractivity contribution in [2.45, 2.75) is 51.9 Å². The summed E-state index contributed by atoms with van der Waals surface area (Å²) < 4.78 is 0. The second-order valence-electron chi connectivity index (χ2n) is 4.84. The third kappa shape index (κ3) is 4.75. The van der Waals surface area contributed by atoms with Crippen molar-refractivity contribution in [3.63, 3.8) is 0 Å². The first kappa shape index (κ1) is 14.0. The summed E-state index contributed by atoms with van der Waals surface area (Å²) in [6, 6.07) is 0. The molecule has 0 aliphatic carbocycles. The van der Waals surface area contributed by atoms with Gasteiger partial charge in [0.05, 0.1) is 0 Å². The molecule has 0 saturated carbocycles.